The van der Waals surface area contributed by atoms with E-state index in [0.717, 1.165) is 33.9 Å². The van der Waals surface area contributed by atoms with E-state index in [9.17, 15) is 0 Å². The quantitative estimate of drug-likeness (QED) is 0.759. The van der Waals surface area contributed by atoms with Gasteiger partial charge >= 0.3 is 0 Å². The Labute approximate surface area is 117 Å². The van der Waals surface area contributed by atoms with Gasteiger partial charge in [0.05, 0.1) is 5.56 Å². The van der Waals surface area contributed by atoms with E-state index in [0.29, 0.717) is 5.88 Å². The molecular weight excluding hydrogens is 252 g/mol. The van der Waals surface area contributed by atoms with Gasteiger partial charge in [-0.25, -0.2) is 0 Å². The molecule has 1 aromatic carbocycles. The van der Waals surface area contributed by atoms with Crippen LogP contribution in [-0.4, -0.2) is 5.16 Å². The molecule has 0 aliphatic carbocycles. The van der Waals surface area contributed by atoms with Gasteiger partial charge < -0.3 is 14.7 Å². The van der Waals surface area contributed by atoms with Crippen molar-refractivity contribution in [1.82, 2.24) is 5.16 Å². The molecule has 0 unspecified atom stereocenters. The van der Waals surface area contributed by atoms with Crippen molar-refractivity contribution in [2.75, 3.05) is 5.73 Å². The Morgan fingerprint density at radius 2 is 1.75 bits per heavy atom. The van der Waals surface area contributed by atoms with Crippen LogP contribution in [0.1, 0.15) is 17.1 Å². The van der Waals surface area contributed by atoms with Crippen LogP contribution in [0.3, 0.4) is 0 Å². The SMILES string of the molecule is Cc1ccc(-c2c(-c3cc(C)oc3C)noc2N)cc1. The van der Waals surface area contributed by atoms with E-state index >= 15 is 0 Å². The number of rotatable bonds is 2. The van der Waals surface area contributed by atoms with Gasteiger partial charge in [-0.1, -0.05) is 35.0 Å². The lowest BCUT2D eigenvalue weighted by atomic mass is 10.0. The first-order valence-corrected chi connectivity index (χ1v) is 6.46. The number of nitrogens with zero attached hydrogens (tertiary/aromatic N) is 1. The van der Waals surface area contributed by atoms with Crippen molar-refractivity contribution in [2.24, 2.45) is 0 Å². The summed E-state index contributed by atoms with van der Waals surface area (Å²) in [5.41, 5.74) is 10.6. The van der Waals surface area contributed by atoms with E-state index in [1.165, 1.54) is 5.56 Å². The molecule has 0 radical (unpaired) electrons. The highest BCUT2D eigenvalue weighted by molar-refractivity contribution is 5.87. The van der Waals surface area contributed by atoms with E-state index in [1.807, 2.05) is 51.1 Å². The van der Waals surface area contributed by atoms with Crippen molar-refractivity contribution in [3.05, 3.63) is 47.4 Å². The fraction of sp³-hybridized carbons (Fsp3) is 0.188. The topological polar surface area (TPSA) is 65.2 Å². The number of nitrogens with two attached hydrogens (primary N) is 1. The lowest BCUT2D eigenvalue weighted by molar-refractivity contribution is 0.439. The van der Waals surface area contributed by atoms with Crippen LogP contribution in [0.2, 0.25) is 0 Å². The average molecular weight is 268 g/mol. The highest BCUT2D eigenvalue weighted by atomic mass is 16.5. The molecule has 3 rings (SSSR count). The van der Waals surface area contributed by atoms with Gasteiger partial charge in [0.1, 0.15) is 17.2 Å². The lowest BCUT2D eigenvalue weighted by Gasteiger charge is -2.02. The average Bonchev–Trinajstić information content (AvgIpc) is 2.93. The van der Waals surface area contributed by atoms with Gasteiger partial charge in [0, 0.05) is 5.56 Å². The fourth-order valence-electron chi connectivity index (χ4n) is 2.35. The number of aromatic nitrogens is 1. The predicted molar refractivity (Wildman–Crippen MR) is 78.3 cm³/mol. The van der Waals surface area contributed by atoms with Gasteiger partial charge in [-0.2, -0.15) is 0 Å². The molecule has 2 N–H and O–H groups in total. The molecular formula is C16H16N2O2. The Morgan fingerprint density at radius 3 is 2.35 bits per heavy atom. The number of benzene rings is 1. The number of hydrogen-bond donors (Lipinski definition) is 1. The smallest absolute Gasteiger partial charge is 0.230 e. The van der Waals surface area contributed by atoms with Crippen molar-refractivity contribution in [3.63, 3.8) is 0 Å². The van der Waals surface area contributed by atoms with Crippen LogP contribution >= 0.6 is 0 Å². The maximum Gasteiger partial charge on any atom is 0.230 e. The first-order valence-electron chi connectivity index (χ1n) is 6.46. The predicted octanol–water partition coefficient (Wildman–Crippen LogP) is 4.11. The summed E-state index contributed by atoms with van der Waals surface area (Å²) < 4.78 is 10.8. The zero-order valence-corrected chi connectivity index (χ0v) is 11.7. The molecule has 0 fully saturated rings. The number of hydrogen-bond acceptors (Lipinski definition) is 4. The second-order valence-corrected chi connectivity index (χ2v) is 4.96. The molecule has 0 spiro atoms. The molecule has 0 saturated heterocycles. The zero-order valence-electron chi connectivity index (χ0n) is 11.7. The summed E-state index contributed by atoms with van der Waals surface area (Å²) in [6, 6.07) is 10.1. The summed E-state index contributed by atoms with van der Waals surface area (Å²) in [5, 5.41) is 4.10. The van der Waals surface area contributed by atoms with E-state index in [2.05, 4.69) is 5.16 Å². The standard InChI is InChI=1S/C16H16N2O2/c1-9-4-6-12(7-5-9)14-15(18-20-16(14)17)13-8-10(2)19-11(13)3/h4-8H,17H2,1-3H3. The Balaban J connectivity index is 2.19. The van der Waals surface area contributed by atoms with Crippen molar-refractivity contribution < 1.29 is 8.94 Å². The second kappa shape index (κ2) is 4.56. The molecule has 3 aromatic rings. The zero-order chi connectivity index (χ0) is 14.3. The first-order chi connectivity index (χ1) is 9.56. The van der Waals surface area contributed by atoms with E-state index in [1.54, 1.807) is 0 Å². The van der Waals surface area contributed by atoms with Crippen LogP contribution in [0.4, 0.5) is 5.88 Å². The summed E-state index contributed by atoms with van der Waals surface area (Å²) in [7, 11) is 0. The molecule has 4 nitrogen and oxygen atoms in total. The molecule has 102 valence electrons. The Bertz CT molecular complexity index is 751. The van der Waals surface area contributed by atoms with Crippen molar-refractivity contribution >= 4 is 5.88 Å². The molecule has 0 bridgehead atoms. The lowest BCUT2D eigenvalue weighted by Crippen LogP contribution is -1.88. The fourth-order valence-corrected chi connectivity index (χ4v) is 2.35. The first kappa shape index (κ1) is 12.5. The molecule has 0 aliphatic heterocycles. The molecule has 4 heteroatoms. The molecule has 2 heterocycles. The molecule has 0 aliphatic rings. The van der Waals surface area contributed by atoms with Crippen molar-refractivity contribution in [1.29, 1.82) is 0 Å². The maximum absolute atomic E-state index is 5.95. The van der Waals surface area contributed by atoms with Gasteiger partial charge in [-0.05, 0) is 32.4 Å². The van der Waals surface area contributed by atoms with Crippen LogP contribution in [0.15, 0.2) is 39.3 Å². The van der Waals surface area contributed by atoms with E-state index in [-0.39, 0.29) is 0 Å². The number of anilines is 1. The minimum atomic E-state index is 0.321. The van der Waals surface area contributed by atoms with Crippen LogP contribution in [0.5, 0.6) is 0 Å². The van der Waals surface area contributed by atoms with Crippen LogP contribution in [-0.2, 0) is 0 Å². The van der Waals surface area contributed by atoms with Crippen molar-refractivity contribution in [2.45, 2.75) is 20.8 Å². The number of furan rings is 1. The molecule has 0 saturated carbocycles. The monoisotopic (exact) mass is 268 g/mol. The van der Waals surface area contributed by atoms with Gasteiger partial charge in [0.25, 0.3) is 0 Å². The number of aryl methyl sites for hydroxylation is 3. The van der Waals surface area contributed by atoms with Crippen LogP contribution in [0.25, 0.3) is 22.4 Å². The summed E-state index contributed by atoms with van der Waals surface area (Å²) in [6.07, 6.45) is 0. The summed E-state index contributed by atoms with van der Waals surface area (Å²) in [6.45, 7) is 5.86. The summed E-state index contributed by atoms with van der Waals surface area (Å²) in [5.74, 6) is 1.97. The van der Waals surface area contributed by atoms with Crippen molar-refractivity contribution in [3.8, 4) is 22.4 Å². The van der Waals surface area contributed by atoms with Crippen LogP contribution in [0, 0.1) is 20.8 Å². The molecule has 0 amide bonds. The highest BCUT2D eigenvalue weighted by Crippen LogP contribution is 2.38. The number of nitrogen functional groups attached to an aromatic ring is 1. The Morgan fingerprint density at radius 1 is 1.05 bits per heavy atom. The third-order valence-electron chi connectivity index (χ3n) is 3.35. The van der Waals surface area contributed by atoms with Gasteiger partial charge in [-0.15, -0.1) is 0 Å². The maximum atomic E-state index is 5.95. The highest BCUT2D eigenvalue weighted by Gasteiger charge is 2.20. The van der Waals surface area contributed by atoms with Gasteiger partial charge in [0.15, 0.2) is 0 Å². The normalized spacial score (nSPS) is 10.9. The third kappa shape index (κ3) is 1.99. The summed E-state index contributed by atoms with van der Waals surface area (Å²) >= 11 is 0. The molecule has 0 atom stereocenters. The Kier molecular flexibility index (Phi) is 2.86. The molecule has 20 heavy (non-hydrogen) atoms. The van der Waals surface area contributed by atoms with Gasteiger partial charge in [0.2, 0.25) is 5.88 Å². The minimum absolute atomic E-state index is 0.321. The minimum Gasteiger partial charge on any atom is -0.466 e. The Hall–Kier alpha value is -2.49. The summed E-state index contributed by atoms with van der Waals surface area (Å²) in [4.78, 5) is 0. The third-order valence-corrected chi connectivity index (χ3v) is 3.35. The van der Waals surface area contributed by atoms with Gasteiger partial charge in [-0.3, -0.25) is 0 Å². The molecule has 2 aromatic heterocycles. The second-order valence-electron chi connectivity index (χ2n) is 4.96. The van der Waals surface area contributed by atoms with E-state index in [4.69, 9.17) is 14.7 Å². The largest absolute Gasteiger partial charge is 0.466 e. The van der Waals surface area contributed by atoms with E-state index < -0.39 is 0 Å². The van der Waals surface area contributed by atoms with Crippen LogP contribution < -0.4 is 5.73 Å².